The predicted molar refractivity (Wildman–Crippen MR) is 130 cm³/mol. The number of rotatable bonds is 7. The van der Waals surface area contributed by atoms with E-state index in [1.54, 1.807) is 18.5 Å². The summed E-state index contributed by atoms with van der Waals surface area (Å²) in [6.07, 6.45) is 6.25. The summed E-state index contributed by atoms with van der Waals surface area (Å²) in [4.78, 5) is 21.2. The first-order valence-corrected chi connectivity index (χ1v) is 11.0. The molecule has 1 saturated heterocycles. The summed E-state index contributed by atoms with van der Waals surface area (Å²) in [5, 5.41) is 16.8. The van der Waals surface area contributed by atoms with Gasteiger partial charge in [-0.2, -0.15) is 0 Å². The lowest BCUT2D eigenvalue weighted by Crippen LogP contribution is -2.45. The lowest BCUT2D eigenvalue weighted by molar-refractivity contribution is 0.0508. The number of urea groups is 1. The van der Waals surface area contributed by atoms with Gasteiger partial charge in [0.25, 0.3) is 0 Å². The molecule has 0 saturated carbocycles. The fraction of sp³-hybridized carbons (Fsp3) is 0.280. The number of benzene rings is 1. The van der Waals surface area contributed by atoms with Crippen LogP contribution in [0.25, 0.3) is 0 Å². The Hall–Kier alpha value is -3.78. The zero-order chi connectivity index (χ0) is 23.1. The molecule has 8 nitrogen and oxygen atoms in total. The van der Waals surface area contributed by atoms with Gasteiger partial charge in [-0.1, -0.05) is 30.3 Å². The Kier molecular flexibility index (Phi) is 6.95. The molecule has 2 aromatic heterocycles. The van der Waals surface area contributed by atoms with E-state index in [2.05, 4.69) is 38.1 Å². The van der Waals surface area contributed by atoms with E-state index in [1.807, 2.05) is 37.3 Å². The van der Waals surface area contributed by atoms with Gasteiger partial charge < -0.3 is 20.8 Å². The zero-order valence-electron chi connectivity index (χ0n) is 18.6. The van der Waals surface area contributed by atoms with Crippen LogP contribution in [0.15, 0.2) is 60.9 Å². The average molecular weight is 445 g/mol. The van der Waals surface area contributed by atoms with Crippen LogP contribution in [0.5, 0.6) is 0 Å². The summed E-state index contributed by atoms with van der Waals surface area (Å²) in [6.45, 7) is 3.77. The molecule has 170 valence electrons. The van der Waals surface area contributed by atoms with Gasteiger partial charge >= 0.3 is 6.03 Å². The van der Waals surface area contributed by atoms with E-state index in [0.29, 0.717) is 36.8 Å². The monoisotopic (exact) mass is 444 g/mol. The van der Waals surface area contributed by atoms with Gasteiger partial charge in [0.2, 0.25) is 0 Å². The summed E-state index contributed by atoms with van der Waals surface area (Å²) in [6, 6.07) is 15.4. The van der Waals surface area contributed by atoms with Gasteiger partial charge in [-0.3, -0.25) is 10.3 Å². The first-order chi connectivity index (χ1) is 16.1. The SMILES string of the molecule is Cc1cc(Nc2cnc(NC(=O)NCC3(c4ccccc4)CCOCC3)cc2C=N)ccn1. The number of anilines is 3. The second kappa shape index (κ2) is 10.2. The van der Waals surface area contributed by atoms with Crippen LogP contribution in [-0.4, -0.2) is 42.0 Å². The van der Waals surface area contributed by atoms with Crippen molar-refractivity contribution in [3.05, 3.63) is 77.7 Å². The summed E-state index contributed by atoms with van der Waals surface area (Å²) in [7, 11) is 0. The van der Waals surface area contributed by atoms with Gasteiger partial charge in [-0.15, -0.1) is 0 Å². The number of ether oxygens (including phenoxy) is 1. The Balaban J connectivity index is 1.42. The molecule has 3 aromatic rings. The van der Waals surface area contributed by atoms with Gasteiger partial charge in [-0.05, 0) is 43.5 Å². The van der Waals surface area contributed by atoms with E-state index in [-0.39, 0.29) is 11.4 Å². The Morgan fingerprint density at radius 1 is 1.15 bits per heavy atom. The van der Waals surface area contributed by atoms with E-state index in [4.69, 9.17) is 10.1 Å². The van der Waals surface area contributed by atoms with Gasteiger partial charge in [0.15, 0.2) is 0 Å². The minimum Gasteiger partial charge on any atom is -0.381 e. The van der Waals surface area contributed by atoms with Gasteiger partial charge in [0.1, 0.15) is 5.82 Å². The minimum absolute atomic E-state index is 0.152. The van der Waals surface area contributed by atoms with Crippen LogP contribution in [0.3, 0.4) is 0 Å². The quantitative estimate of drug-likeness (QED) is 0.404. The number of hydrogen-bond donors (Lipinski definition) is 4. The van der Waals surface area contributed by atoms with Crippen molar-refractivity contribution in [3.63, 3.8) is 0 Å². The molecule has 0 bridgehead atoms. The Morgan fingerprint density at radius 3 is 2.67 bits per heavy atom. The van der Waals surface area contributed by atoms with Crippen molar-refractivity contribution in [2.24, 2.45) is 0 Å². The van der Waals surface area contributed by atoms with Gasteiger partial charge in [-0.25, -0.2) is 9.78 Å². The number of nitrogens with one attached hydrogen (secondary N) is 4. The van der Waals surface area contributed by atoms with Crippen LogP contribution in [0, 0.1) is 12.3 Å². The summed E-state index contributed by atoms with van der Waals surface area (Å²) >= 11 is 0. The Bertz CT molecular complexity index is 1110. The number of hydrogen-bond acceptors (Lipinski definition) is 6. The first kappa shape index (κ1) is 22.4. The second-order valence-electron chi connectivity index (χ2n) is 8.18. The van der Waals surface area contributed by atoms with Crippen LogP contribution in [0.2, 0.25) is 0 Å². The maximum Gasteiger partial charge on any atom is 0.320 e. The second-order valence-corrected chi connectivity index (χ2v) is 8.18. The van der Waals surface area contributed by atoms with Gasteiger partial charge in [0.05, 0.1) is 11.9 Å². The molecular weight excluding hydrogens is 416 g/mol. The molecule has 1 aromatic carbocycles. The van der Waals surface area contributed by atoms with Crippen molar-refractivity contribution in [1.29, 1.82) is 5.41 Å². The summed E-state index contributed by atoms with van der Waals surface area (Å²) in [5.74, 6) is 0.378. The van der Waals surface area contributed by atoms with E-state index < -0.39 is 0 Å². The molecule has 0 aliphatic carbocycles. The standard InChI is InChI=1S/C25H28N6O2/c1-18-13-21(7-10-27-18)30-22-16-28-23(14-19(22)15-26)31-24(32)29-17-25(8-11-33-12-9-25)20-5-3-2-4-6-20/h2-7,10,13-16,26H,8-9,11-12,17H2,1H3,(H,27,30)(H2,28,29,31,32). The molecule has 2 amide bonds. The van der Waals surface area contributed by atoms with Crippen molar-refractivity contribution >= 4 is 29.4 Å². The topological polar surface area (TPSA) is 112 Å². The summed E-state index contributed by atoms with van der Waals surface area (Å²) in [5.41, 5.74) is 4.08. The van der Waals surface area contributed by atoms with Crippen LogP contribution in [-0.2, 0) is 10.2 Å². The molecule has 1 aliphatic rings. The Morgan fingerprint density at radius 2 is 1.94 bits per heavy atom. The normalized spacial score (nSPS) is 14.8. The fourth-order valence-corrected chi connectivity index (χ4v) is 4.07. The van der Waals surface area contributed by atoms with E-state index >= 15 is 0 Å². The third kappa shape index (κ3) is 5.53. The number of aryl methyl sites for hydroxylation is 1. The van der Waals surface area contributed by atoms with Crippen molar-refractivity contribution < 1.29 is 9.53 Å². The smallest absolute Gasteiger partial charge is 0.320 e. The highest BCUT2D eigenvalue weighted by Gasteiger charge is 2.34. The molecule has 4 rings (SSSR count). The lowest BCUT2D eigenvalue weighted by atomic mass is 9.74. The van der Waals surface area contributed by atoms with Crippen molar-refractivity contribution in [3.8, 4) is 0 Å². The van der Waals surface area contributed by atoms with Crippen molar-refractivity contribution in [2.45, 2.75) is 25.2 Å². The number of amides is 2. The third-order valence-electron chi connectivity index (χ3n) is 5.93. The molecule has 0 atom stereocenters. The number of carbonyl (C=O) groups excluding carboxylic acids is 1. The number of aromatic nitrogens is 2. The van der Waals surface area contributed by atoms with E-state index in [1.165, 1.54) is 11.8 Å². The number of pyridine rings is 2. The van der Waals surface area contributed by atoms with Crippen LogP contribution < -0.4 is 16.0 Å². The van der Waals surface area contributed by atoms with Gasteiger partial charge in [0, 0.05) is 54.5 Å². The maximum absolute atomic E-state index is 12.7. The molecule has 3 heterocycles. The highest BCUT2D eigenvalue weighted by molar-refractivity contribution is 5.92. The minimum atomic E-state index is -0.328. The highest BCUT2D eigenvalue weighted by atomic mass is 16.5. The predicted octanol–water partition coefficient (Wildman–Crippen LogP) is 4.40. The molecule has 1 aliphatic heterocycles. The number of carbonyl (C=O) groups is 1. The molecule has 0 spiro atoms. The van der Waals surface area contributed by atoms with Crippen molar-refractivity contribution in [1.82, 2.24) is 15.3 Å². The zero-order valence-corrected chi connectivity index (χ0v) is 18.6. The maximum atomic E-state index is 12.7. The third-order valence-corrected chi connectivity index (χ3v) is 5.93. The van der Waals surface area contributed by atoms with E-state index in [9.17, 15) is 4.79 Å². The van der Waals surface area contributed by atoms with Crippen molar-refractivity contribution in [2.75, 3.05) is 30.4 Å². The molecule has 8 heteroatoms. The largest absolute Gasteiger partial charge is 0.381 e. The Labute approximate surface area is 193 Å². The summed E-state index contributed by atoms with van der Waals surface area (Å²) < 4.78 is 5.57. The first-order valence-electron chi connectivity index (χ1n) is 11.0. The molecule has 33 heavy (non-hydrogen) atoms. The average Bonchev–Trinajstić information content (AvgIpc) is 2.85. The highest BCUT2D eigenvalue weighted by Crippen LogP contribution is 2.34. The van der Waals surface area contributed by atoms with Crippen LogP contribution >= 0.6 is 0 Å². The fourth-order valence-electron chi connectivity index (χ4n) is 4.07. The molecule has 4 N–H and O–H groups in total. The van der Waals surface area contributed by atoms with Crippen LogP contribution in [0.4, 0.5) is 22.0 Å². The molecule has 0 radical (unpaired) electrons. The molecule has 1 fully saturated rings. The molecule has 0 unspecified atom stereocenters. The lowest BCUT2D eigenvalue weighted by Gasteiger charge is -2.37. The molecular formula is C25H28N6O2. The van der Waals surface area contributed by atoms with E-state index in [0.717, 1.165) is 24.2 Å². The van der Waals surface area contributed by atoms with Crippen LogP contribution in [0.1, 0.15) is 29.7 Å². The number of nitrogens with zero attached hydrogens (tertiary/aromatic N) is 2.